The van der Waals surface area contributed by atoms with Gasteiger partial charge in [0.1, 0.15) is 6.61 Å². The van der Waals surface area contributed by atoms with E-state index < -0.39 is 12.5 Å². The van der Waals surface area contributed by atoms with Crippen LogP contribution in [-0.4, -0.2) is 28.4 Å². The van der Waals surface area contributed by atoms with Crippen LogP contribution in [0.2, 0.25) is 0 Å². The summed E-state index contributed by atoms with van der Waals surface area (Å²) in [5.74, 6) is -0.955. The minimum atomic E-state index is -0.613. The van der Waals surface area contributed by atoms with Crippen LogP contribution in [-0.2, 0) is 4.79 Å². The number of allylic oxidation sites excluding steroid dienone is 4. The van der Waals surface area contributed by atoms with Crippen molar-refractivity contribution >= 4 is 11.5 Å². The van der Waals surface area contributed by atoms with Crippen molar-refractivity contribution in [2.24, 2.45) is 11.1 Å². The van der Waals surface area contributed by atoms with Gasteiger partial charge in [-0.2, -0.15) is 0 Å². The number of nitrogens with zero attached hydrogens (tertiary/aromatic N) is 1. The van der Waals surface area contributed by atoms with E-state index in [1.54, 1.807) is 12.2 Å². The Hall–Kier alpha value is -1.42. The van der Waals surface area contributed by atoms with Gasteiger partial charge in [0.05, 0.1) is 11.6 Å². The number of carbonyl (C=O) groups is 1. The summed E-state index contributed by atoms with van der Waals surface area (Å²) in [6.07, 6.45) is 15.1. The van der Waals surface area contributed by atoms with Crippen LogP contribution >= 0.6 is 0 Å². The molecular formula is C17H27NO3. The maximum Gasteiger partial charge on any atom is 0.171 e. The van der Waals surface area contributed by atoms with Gasteiger partial charge in [0.2, 0.25) is 0 Å². The summed E-state index contributed by atoms with van der Waals surface area (Å²) in [4.78, 5) is 11.5. The molecule has 0 heterocycles. The minimum Gasteiger partial charge on any atom is -0.411 e. The van der Waals surface area contributed by atoms with Crippen LogP contribution in [0, 0.1) is 5.92 Å². The Morgan fingerprint density at radius 3 is 2.48 bits per heavy atom. The monoisotopic (exact) mass is 293 g/mol. The van der Waals surface area contributed by atoms with Crippen LogP contribution < -0.4 is 0 Å². The number of aliphatic hydroxyl groups excluding tert-OH is 1. The molecule has 1 aliphatic rings. The van der Waals surface area contributed by atoms with Crippen molar-refractivity contribution in [1.29, 1.82) is 0 Å². The molecule has 1 aliphatic carbocycles. The smallest absolute Gasteiger partial charge is 0.171 e. The van der Waals surface area contributed by atoms with E-state index in [0.29, 0.717) is 5.71 Å². The summed E-state index contributed by atoms with van der Waals surface area (Å²) in [5.41, 5.74) is 1.41. The molecule has 0 aromatic rings. The predicted molar refractivity (Wildman–Crippen MR) is 84.6 cm³/mol. The van der Waals surface area contributed by atoms with Gasteiger partial charge in [-0.15, -0.1) is 0 Å². The first kappa shape index (κ1) is 17.6. The molecule has 1 unspecified atom stereocenters. The molecule has 0 aliphatic heterocycles. The van der Waals surface area contributed by atoms with E-state index in [4.69, 9.17) is 10.3 Å². The maximum absolute atomic E-state index is 11.5. The second-order valence-electron chi connectivity index (χ2n) is 5.58. The molecule has 21 heavy (non-hydrogen) atoms. The number of carbonyl (C=O) groups excluding carboxylic acids is 1. The Balaban J connectivity index is 2.32. The molecule has 0 aromatic carbocycles. The molecule has 0 fully saturated rings. The number of aliphatic hydroxyl groups is 1. The van der Waals surface area contributed by atoms with Gasteiger partial charge in [0.15, 0.2) is 5.78 Å². The molecule has 0 amide bonds. The zero-order valence-electron chi connectivity index (χ0n) is 12.9. The van der Waals surface area contributed by atoms with Gasteiger partial charge in [-0.05, 0) is 24.5 Å². The third kappa shape index (κ3) is 6.25. The SMILES string of the molecule is CCCCCCCCCC1=CC(=NO)C(C(=O)CO)C=C1. The second kappa shape index (κ2) is 10.3. The first-order valence-electron chi connectivity index (χ1n) is 7.97. The van der Waals surface area contributed by atoms with Crippen LogP contribution in [0.3, 0.4) is 0 Å². The highest BCUT2D eigenvalue weighted by atomic mass is 16.4. The number of ketones is 1. The summed E-state index contributed by atoms with van der Waals surface area (Å²) in [6, 6.07) is 0. The molecule has 4 nitrogen and oxygen atoms in total. The first-order valence-corrected chi connectivity index (χ1v) is 7.97. The Kier molecular flexibility index (Phi) is 8.67. The molecule has 0 saturated carbocycles. The number of oxime groups is 1. The van der Waals surface area contributed by atoms with Crippen LogP contribution in [0.4, 0.5) is 0 Å². The van der Waals surface area contributed by atoms with Gasteiger partial charge in [0.25, 0.3) is 0 Å². The zero-order chi connectivity index (χ0) is 15.5. The van der Waals surface area contributed by atoms with Crippen molar-refractivity contribution in [2.45, 2.75) is 58.3 Å². The molecule has 4 heteroatoms. The Bertz CT molecular complexity index is 410. The van der Waals surface area contributed by atoms with E-state index in [1.807, 2.05) is 6.08 Å². The standard InChI is InChI=1S/C17H27NO3/c1-2-3-4-5-6-7-8-9-14-10-11-15(17(20)13-19)16(12-14)18-21/h10-12,15,19,21H,2-9,13H2,1H3. The molecule has 118 valence electrons. The van der Waals surface area contributed by atoms with E-state index in [2.05, 4.69) is 12.1 Å². The molecule has 1 atom stereocenters. The fraction of sp³-hybridized carbons (Fsp3) is 0.647. The normalized spacial score (nSPS) is 19.8. The molecule has 0 bridgehead atoms. The van der Waals surface area contributed by atoms with Crippen molar-refractivity contribution in [3.05, 3.63) is 23.8 Å². The number of rotatable bonds is 10. The second-order valence-corrected chi connectivity index (χ2v) is 5.58. The fourth-order valence-electron chi connectivity index (χ4n) is 2.55. The van der Waals surface area contributed by atoms with Gasteiger partial charge in [-0.1, -0.05) is 62.8 Å². The van der Waals surface area contributed by atoms with Crippen molar-refractivity contribution in [3.63, 3.8) is 0 Å². The molecule has 0 saturated heterocycles. The van der Waals surface area contributed by atoms with E-state index >= 15 is 0 Å². The summed E-state index contributed by atoms with van der Waals surface area (Å²) >= 11 is 0. The predicted octanol–water partition coefficient (Wildman–Crippen LogP) is 3.63. The summed E-state index contributed by atoms with van der Waals surface area (Å²) in [5, 5.41) is 21.1. The molecule has 0 spiro atoms. The fourth-order valence-corrected chi connectivity index (χ4v) is 2.55. The molecule has 0 radical (unpaired) electrons. The van der Waals surface area contributed by atoms with Crippen molar-refractivity contribution in [2.75, 3.05) is 6.61 Å². The molecule has 1 rings (SSSR count). The van der Waals surface area contributed by atoms with Gasteiger partial charge in [0, 0.05) is 0 Å². The van der Waals surface area contributed by atoms with Crippen LogP contribution in [0.15, 0.2) is 29.0 Å². The highest BCUT2D eigenvalue weighted by molar-refractivity contribution is 6.13. The number of hydrogen-bond donors (Lipinski definition) is 2. The molecule has 2 N–H and O–H groups in total. The van der Waals surface area contributed by atoms with Crippen LogP contribution in [0.1, 0.15) is 58.3 Å². The number of hydrogen-bond acceptors (Lipinski definition) is 4. The average molecular weight is 293 g/mol. The third-order valence-corrected chi connectivity index (χ3v) is 3.84. The van der Waals surface area contributed by atoms with E-state index in [0.717, 1.165) is 18.4 Å². The van der Waals surface area contributed by atoms with Crippen LogP contribution in [0.25, 0.3) is 0 Å². The number of Topliss-reactive ketones (excluding diaryl/α,β-unsaturated/α-hetero) is 1. The largest absolute Gasteiger partial charge is 0.411 e. The summed E-state index contributed by atoms with van der Waals surface area (Å²) < 4.78 is 0. The van der Waals surface area contributed by atoms with Crippen molar-refractivity contribution < 1.29 is 15.1 Å². The lowest BCUT2D eigenvalue weighted by Gasteiger charge is -2.15. The van der Waals surface area contributed by atoms with E-state index in [9.17, 15) is 4.79 Å². The average Bonchev–Trinajstić information content (AvgIpc) is 2.53. The quantitative estimate of drug-likeness (QED) is 0.367. The lowest BCUT2D eigenvalue weighted by molar-refractivity contribution is -0.122. The van der Waals surface area contributed by atoms with E-state index in [1.165, 1.54) is 38.5 Å². The number of unbranched alkanes of at least 4 members (excludes halogenated alkanes) is 6. The highest BCUT2D eigenvalue weighted by Crippen LogP contribution is 2.20. The van der Waals surface area contributed by atoms with Crippen molar-refractivity contribution in [1.82, 2.24) is 0 Å². The lowest BCUT2D eigenvalue weighted by atomic mass is 9.89. The molecule has 0 aromatic heterocycles. The van der Waals surface area contributed by atoms with E-state index in [-0.39, 0.29) is 5.78 Å². The van der Waals surface area contributed by atoms with Gasteiger partial charge in [-0.25, -0.2) is 0 Å². The Morgan fingerprint density at radius 2 is 1.86 bits per heavy atom. The van der Waals surface area contributed by atoms with Gasteiger partial charge >= 0.3 is 0 Å². The minimum absolute atomic E-state index is 0.328. The van der Waals surface area contributed by atoms with Crippen molar-refractivity contribution in [3.8, 4) is 0 Å². The Labute approximate surface area is 127 Å². The third-order valence-electron chi connectivity index (χ3n) is 3.84. The zero-order valence-corrected chi connectivity index (χ0v) is 12.9. The highest BCUT2D eigenvalue weighted by Gasteiger charge is 2.23. The van der Waals surface area contributed by atoms with Crippen LogP contribution in [0.5, 0.6) is 0 Å². The Morgan fingerprint density at radius 1 is 1.19 bits per heavy atom. The lowest BCUT2D eigenvalue weighted by Crippen LogP contribution is -2.25. The first-order chi connectivity index (χ1) is 10.2. The van der Waals surface area contributed by atoms with Gasteiger partial charge < -0.3 is 10.3 Å². The maximum atomic E-state index is 11.5. The summed E-state index contributed by atoms with van der Waals surface area (Å²) in [7, 11) is 0. The topological polar surface area (TPSA) is 69.9 Å². The molecular weight excluding hydrogens is 266 g/mol. The van der Waals surface area contributed by atoms with Gasteiger partial charge in [-0.3, -0.25) is 4.79 Å². The summed E-state index contributed by atoms with van der Waals surface area (Å²) in [6.45, 7) is 1.69.